The Morgan fingerprint density at radius 2 is 1.68 bits per heavy atom. The summed E-state index contributed by atoms with van der Waals surface area (Å²) in [5.41, 5.74) is 1.11. The summed E-state index contributed by atoms with van der Waals surface area (Å²) in [5.74, 6) is 0.322. The van der Waals surface area contributed by atoms with Crippen molar-refractivity contribution in [2.24, 2.45) is 0 Å². The Hall–Kier alpha value is -3.42. The minimum Gasteiger partial charge on any atom is -0.493 e. The number of carbonyl (C=O) groups is 2. The first-order valence-electron chi connectivity index (χ1n) is 8.45. The summed E-state index contributed by atoms with van der Waals surface area (Å²) in [6, 6.07) is 9.48. The highest BCUT2D eigenvalue weighted by molar-refractivity contribution is 5.94. The number of amides is 1. The minimum absolute atomic E-state index is 0.301. The fraction of sp³-hybridized carbons (Fsp3) is 0.300. The third kappa shape index (κ3) is 5.06. The summed E-state index contributed by atoms with van der Waals surface area (Å²) >= 11 is 0. The number of carbonyl (C=O) groups excluding carboxylic acids is 1. The molecular formula is C20H23NO7. The van der Waals surface area contributed by atoms with E-state index >= 15 is 0 Å². The second-order valence-electron chi connectivity index (χ2n) is 5.86. The van der Waals surface area contributed by atoms with E-state index in [4.69, 9.17) is 24.1 Å². The molecule has 2 aromatic rings. The van der Waals surface area contributed by atoms with E-state index < -0.39 is 12.6 Å². The lowest BCUT2D eigenvalue weighted by molar-refractivity contribution is -0.139. The Morgan fingerprint density at radius 1 is 1.04 bits per heavy atom. The lowest BCUT2D eigenvalue weighted by Crippen LogP contribution is -2.26. The highest BCUT2D eigenvalue weighted by atomic mass is 16.5. The van der Waals surface area contributed by atoms with Crippen LogP contribution in [0.5, 0.6) is 23.0 Å². The van der Waals surface area contributed by atoms with Crippen molar-refractivity contribution in [2.75, 3.05) is 27.9 Å². The normalized spacial score (nSPS) is 11.3. The number of ether oxygens (including phenoxy) is 4. The van der Waals surface area contributed by atoms with Crippen LogP contribution in [0.4, 0.5) is 0 Å². The van der Waals surface area contributed by atoms with Gasteiger partial charge in [0.1, 0.15) is 5.75 Å². The van der Waals surface area contributed by atoms with E-state index in [1.54, 1.807) is 30.3 Å². The van der Waals surface area contributed by atoms with Gasteiger partial charge in [0.2, 0.25) is 5.75 Å². The smallest absolute Gasteiger partial charge is 0.341 e. The Bertz CT molecular complexity index is 825. The monoisotopic (exact) mass is 389 g/mol. The molecule has 0 saturated heterocycles. The molecule has 8 nitrogen and oxygen atoms in total. The van der Waals surface area contributed by atoms with E-state index in [1.807, 2.05) is 6.92 Å². The van der Waals surface area contributed by atoms with Crippen molar-refractivity contribution >= 4 is 11.9 Å². The first kappa shape index (κ1) is 20.9. The van der Waals surface area contributed by atoms with Gasteiger partial charge in [-0.1, -0.05) is 6.07 Å². The highest BCUT2D eigenvalue weighted by Gasteiger charge is 2.18. The third-order valence-corrected chi connectivity index (χ3v) is 3.99. The molecule has 0 fully saturated rings. The van der Waals surface area contributed by atoms with Crippen molar-refractivity contribution in [3.8, 4) is 23.0 Å². The molecule has 0 radical (unpaired) electrons. The summed E-state index contributed by atoms with van der Waals surface area (Å²) < 4.78 is 21.1. The molecule has 8 heteroatoms. The van der Waals surface area contributed by atoms with Gasteiger partial charge >= 0.3 is 5.97 Å². The van der Waals surface area contributed by atoms with Gasteiger partial charge in [-0.25, -0.2) is 4.79 Å². The molecule has 28 heavy (non-hydrogen) atoms. The standard InChI is InChI=1S/C20H23NO7/c1-12(14-9-16(25-2)19(27-4)17(10-14)26-3)21-20(24)13-6-5-7-15(8-13)28-11-18(22)23/h5-10,12H,11H2,1-4H3,(H,21,24)(H,22,23). The number of rotatable bonds is 9. The molecule has 1 atom stereocenters. The molecule has 0 bridgehead atoms. The van der Waals surface area contributed by atoms with Gasteiger partial charge in [0.05, 0.1) is 27.4 Å². The Morgan fingerprint density at radius 3 is 2.21 bits per heavy atom. The number of carboxylic acids is 1. The van der Waals surface area contributed by atoms with Crippen LogP contribution in [0.2, 0.25) is 0 Å². The Kier molecular flexibility index (Phi) is 7.08. The maximum atomic E-state index is 12.6. The SMILES string of the molecule is COc1cc(C(C)NC(=O)c2cccc(OCC(=O)O)c2)cc(OC)c1OC. The van der Waals surface area contributed by atoms with Gasteiger partial charge in [0.25, 0.3) is 5.91 Å². The number of methoxy groups -OCH3 is 3. The van der Waals surface area contributed by atoms with Crippen molar-refractivity contribution in [3.63, 3.8) is 0 Å². The van der Waals surface area contributed by atoms with Crippen LogP contribution < -0.4 is 24.3 Å². The molecule has 0 heterocycles. The van der Waals surface area contributed by atoms with Gasteiger partial charge in [0, 0.05) is 5.56 Å². The summed E-state index contributed by atoms with van der Waals surface area (Å²) in [6.45, 7) is 1.34. The lowest BCUT2D eigenvalue weighted by Gasteiger charge is -2.19. The first-order valence-corrected chi connectivity index (χ1v) is 8.45. The zero-order chi connectivity index (χ0) is 20.7. The van der Waals surface area contributed by atoms with Crippen molar-refractivity contribution in [1.29, 1.82) is 0 Å². The molecule has 2 N–H and O–H groups in total. The minimum atomic E-state index is -1.09. The topological polar surface area (TPSA) is 103 Å². The van der Waals surface area contributed by atoms with Crippen LogP contribution in [0.3, 0.4) is 0 Å². The molecule has 0 aliphatic heterocycles. The van der Waals surface area contributed by atoms with Crippen molar-refractivity contribution < 1.29 is 33.6 Å². The molecule has 2 rings (SSSR count). The highest BCUT2D eigenvalue weighted by Crippen LogP contribution is 2.39. The Balaban J connectivity index is 2.18. The molecular weight excluding hydrogens is 366 g/mol. The second-order valence-corrected chi connectivity index (χ2v) is 5.86. The molecule has 1 amide bonds. The van der Waals surface area contributed by atoms with Gasteiger partial charge in [-0.2, -0.15) is 0 Å². The maximum absolute atomic E-state index is 12.6. The predicted octanol–water partition coefficient (Wildman–Crippen LogP) is 2.67. The molecule has 1 unspecified atom stereocenters. The number of hydrogen-bond donors (Lipinski definition) is 2. The molecule has 0 saturated carbocycles. The van der Waals surface area contributed by atoms with Crippen molar-refractivity contribution in [1.82, 2.24) is 5.32 Å². The van der Waals surface area contributed by atoms with Crippen LogP contribution in [0.15, 0.2) is 36.4 Å². The fourth-order valence-electron chi connectivity index (χ4n) is 2.59. The van der Waals surface area contributed by atoms with Crippen LogP contribution in [-0.2, 0) is 4.79 Å². The van der Waals surface area contributed by atoms with Crippen LogP contribution in [0.25, 0.3) is 0 Å². The zero-order valence-electron chi connectivity index (χ0n) is 16.1. The quantitative estimate of drug-likeness (QED) is 0.679. The second kappa shape index (κ2) is 9.50. The number of carboxylic acid groups (broad SMARTS) is 1. The summed E-state index contributed by atoms with van der Waals surface area (Å²) in [5, 5.41) is 11.6. The fourth-order valence-corrected chi connectivity index (χ4v) is 2.59. The maximum Gasteiger partial charge on any atom is 0.341 e. The van der Waals surface area contributed by atoms with Gasteiger partial charge in [-0.3, -0.25) is 4.79 Å². The van der Waals surface area contributed by atoms with Crippen LogP contribution in [0, 0.1) is 0 Å². The molecule has 0 spiro atoms. The van der Waals surface area contributed by atoms with Crippen molar-refractivity contribution in [3.05, 3.63) is 47.5 Å². The van der Waals surface area contributed by atoms with E-state index in [9.17, 15) is 9.59 Å². The summed E-state index contributed by atoms with van der Waals surface area (Å²) in [7, 11) is 4.56. The molecule has 0 aliphatic rings. The number of nitrogens with one attached hydrogen (secondary N) is 1. The van der Waals surface area contributed by atoms with E-state index in [-0.39, 0.29) is 11.9 Å². The molecule has 0 aromatic heterocycles. The van der Waals surface area contributed by atoms with Crippen LogP contribution in [-0.4, -0.2) is 44.9 Å². The number of hydrogen-bond acceptors (Lipinski definition) is 6. The summed E-state index contributed by atoms with van der Waals surface area (Å²) in [6.07, 6.45) is 0. The van der Waals surface area contributed by atoms with E-state index in [1.165, 1.54) is 27.4 Å². The average molecular weight is 389 g/mol. The largest absolute Gasteiger partial charge is 0.493 e. The van der Waals surface area contributed by atoms with E-state index in [2.05, 4.69) is 5.32 Å². The van der Waals surface area contributed by atoms with E-state index in [0.717, 1.165) is 5.56 Å². The number of aliphatic carboxylic acids is 1. The number of benzene rings is 2. The van der Waals surface area contributed by atoms with E-state index in [0.29, 0.717) is 28.6 Å². The molecule has 2 aromatic carbocycles. The molecule has 150 valence electrons. The summed E-state index contributed by atoms with van der Waals surface area (Å²) in [4.78, 5) is 23.2. The third-order valence-electron chi connectivity index (χ3n) is 3.99. The van der Waals surface area contributed by atoms with Crippen LogP contribution in [0.1, 0.15) is 28.9 Å². The first-order chi connectivity index (χ1) is 13.4. The van der Waals surface area contributed by atoms with Crippen molar-refractivity contribution in [2.45, 2.75) is 13.0 Å². The Labute approximate surface area is 163 Å². The van der Waals surface area contributed by atoms with Gasteiger partial charge < -0.3 is 29.4 Å². The van der Waals surface area contributed by atoms with Gasteiger partial charge in [-0.05, 0) is 42.8 Å². The zero-order valence-corrected chi connectivity index (χ0v) is 16.1. The van der Waals surface area contributed by atoms with Gasteiger partial charge in [0.15, 0.2) is 18.1 Å². The lowest BCUT2D eigenvalue weighted by atomic mass is 10.1. The average Bonchev–Trinajstić information content (AvgIpc) is 2.71. The predicted molar refractivity (Wildman–Crippen MR) is 102 cm³/mol. The van der Waals surface area contributed by atoms with Gasteiger partial charge in [-0.15, -0.1) is 0 Å². The molecule has 0 aliphatic carbocycles. The van der Waals surface area contributed by atoms with Crippen LogP contribution >= 0.6 is 0 Å².